The molecule has 150 valence electrons. The van der Waals surface area contributed by atoms with Crippen LogP contribution >= 0.6 is 0 Å². The van der Waals surface area contributed by atoms with E-state index >= 15 is 0 Å². The lowest BCUT2D eigenvalue weighted by molar-refractivity contribution is -0.146. The second kappa shape index (κ2) is 10.3. The van der Waals surface area contributed by atoms with Crippen LogP contribution in [0.25, 0.3) is 0 Å². The topological polar surface area (TPSA) is 57.2 Å². The molecule has 27 heavy (non-hydrogen) atoms. The normalized spacial score (nSPS) is 17.1. The first-order valence-corrected chi connectivity index (χ1v) is 9.49. The molecule has 1 aromatic rings. The minimum Gasteiger partial charge on any atom is -0.469 e. The van der Waals surface area contributed by atoms with E-state index in [-0.39, 0.29) is 23.7 Å². The van der Waals surface area contributed by atoms with E-state index in [1.807, 2.05) is 33.2 Å². The van der Waals surface area contributed by atoms with Crippen molar-refractivity contribution in [3.8, 4) is 0 Å². The molecule has 1 aromatic carbocycles. The van der Waals surface area contributed by atoms with Gasteiger partial charge in [-0.3, -0.25) is 9.79 Å². The fourth-order valence-corrected chi connectivity index (χ4v) is 3.34. The smallest absolute Gasteiger partial charge is 0.308 e. The van der Waals surface area contributed by atoms with Gasteiger partial charge in [-0.2, -0.15) is 0 Å². The Morgan fingerprint density at radius 2 is 1.96 bits per heavy atom. The molecule has 0 amide bonds. The van der Waals surface area contributed by atoms with Crippen molar-refractivity contribution in [2.24, 2.45) is 10.9 Å². The largest absolute Gasteiger partial charge is 0.469 e. The standard InChI is InChI=1S/C20H31FN4O2/c1-5-22-20(25-12-10-16(11-13-25)19(26)27-4)23-14-18(24(2)3)15-6-8-17(21)9-7-15/h6-9,16,18H,5,10-14H2,1-4H3,(H,22,23). The molecule has 0 aliphatic carbocycles. The molecule has 2 rings (SSSR count). The van der Waals surface area contributed by atoms with Crippen LogP contribution < -0.4 is 5.32 Å². The molecule has 1 aliphatic heterocycles. The van der Waals surface area contributed by atoms with Crippen LogP contribution in [0.1, 0.15) is 31.4 Å². The zero-order valence-corrected chi connectivity index (χ0v) is 16.7. The minimum atomic E-state index is -0.235. The SMILES string of the molecule is CCNC(=NCC(c1ccc(F)cc1)N(C)C)N1CCC(C(=O)OC)CC1. The second-order valence-electron chi connectivity index (χ2n) is 7.01. The van der Waals surface area contributed by atoms with Crippen LogP contribution in [0.4, 0.5) is 4.39 Å². The maximum atomic E-state index is 13.2. The summed E-state index contributed by atoms with van der Waals surface area (Å²) >= 11 is 0. The van der Waals surface area contributed by atoms with Gasteiger partial charge in [-0.25, -0.2) is 4.39 Å². The predicted octanol–water partition coefficient (Wildman–Crippen LogP) is 2.28. The number of nitrogens with zero attached hydrogens (tertiary/aromatic N) is 3. The van der Waals surface area contributed by atoms with Crippen molar-refractivity contribution in [2.75, 3.05) is 47.4 Å². The van der Waals surface area contributed by atoms with E-state index in [1.54, 1.807) is 0 Å². The second-order valence-corrected chi connectivity index (χ2v) is 7.01. The lowest BCUT2D eigenvalue weighted by atomic mass is 9.97. The Morgan fingerprint density at radius 1 is 1.33 bits per heavy atom. The quantitative estimate of drug-likeness (QED) is 0.468. The molecule has 1 atom stereocenters. The molecule has 1 N–H and O–H groups in total. The van der Waals surface area contributed by atoms with Crippen LogP contribution in [0.2, 0.25) is 0 Å². The van der Waals surface area contributed by atoms with Crippen molar-refractivity contribution in [1.82, 2.24) is 15.1 Å². The monoisotopic (exact) mass is 378 g/mol. The molecule has 1 heterocycles. The van der Waals surface area contributed by atoms with Gasteiger partial charge in [0, 0.05) is 19.6 Å². The molecule has 0 radical (unpaired) electrons. The third kappa shape index (κ3) is 5.92. The van der Waals surface area contributed by atoms with E-state index in [2.05, 4.69) is 15.1 Å². The van der Waals surface area contributed by atoms with E-state index in [9.17, 15) is 9.18 Å². The number of benzene rings is 1. The van der Waals surface area contributed by atoms with Crippen molar-refractivity contribution >= 4 is 11.9 Å². The van der Waals surface area contributed by atoms with Gasteiger partial charge in [-0.05, 0) is 51.6 Å². The third-order valence-electron chi connectivity index (χ3n) is 4.96. The molecule has 7 heteroatoms. The Bertz CT molecular complexity index is 625. The summed E-state index contributed by atoms with van der Waals surface area (Å²) in [6.45, 7) is 4.93. The lowest BCUT2D eigenvalue weighted by Gasteiger charge is -2.33. The highest BCUT2D eigenvalue weighted by molar-refractivity contribution is 5.80. The van der Waals surface area contributed by atoms with Crippen LogP contribution in [-0.4, -0.2) is 69.1 Å². The number of esters is 1. The number of nitrogens with one attached hydrogen (secondary N) is 1. The zero-order valence-electron chi connectivity index (χ0n) is 16.7. The number of aliphatic imine (C=N–C) groups is 1. The number of hydrogen-bond acceptors (Lipinski definition) is 4. The van der Waals surface area contributed by atoms with E-state index < -0.39 is 0 Å². The van der Waals surface area contributed by atoms with Crippen LogP contribution in [0.3, 0.4) is 0 Å². The molecule has 1 aliphatic rings. The summed E-state index contributed by atoms with van der Waals surface area (Å²) < 4.78 is 18.1. The van der Waals surface area contributed by atoms with Gasteiger partial charge in [0.15, 0.2) is 5.96 Å². The molecule has 1 fully saturated rings. The first kappa shape index (κ1) is 21.2. The van der Waals surface area contributed by atoms with Gasteiger partial charge >= 0.3 is 5.97 Å². The summed E-state index contributed by atoms with van der Waals surface area (Å²) in [5.74, 6) is 0.472. The van der Waals surface area contributed by atoms with Gasteiger partial charge < -0.3 is 19.9 Å². The Kier molecular flexibility index (Phi) is 8.03. The number of halogens is 1. The van der Waals surface area contributed by atoms with Gasteiger partial charge in [-0.15, -0.1) is 0 Å². The van der Waals surface area contributed by atoms with Crippen molar-refractivity contribution in [3.63, 3.8) is 0 Å². The lowest BCUT2D eigenvalue weighted by Crippen LogP contribution is -2.47. The average molecular weight is 378 g/mol. The number of hydrogen-bond donors (Lipinski definition) is 1. The Morgan fingerprint density at radius 3 is 2.48 bits per heavy atom. The van der Waals surface area contributed by atoms with Crippen LogP contribution in [0.15, 0.2) is 29.3 Å². The molecule has 0 aromatic heterocycles. The van der Waals surface area contributed by atoms with Gasteiger partial charge in [0.05, 0.1) is 25.6 Å². The third-order valence-corrected chi connectivity index (χ3v) is 4.96. The van der Waals surface area contributed by atoms with Crippen molar-refractivity contribution in [3.05, 3.63) is 35.6 Å². The molecule has 6 nitrogen and oxygen atoms in total. The maximum Gasteiger partial charge on any atom is 0.308 e. The number of carbonyl (C=O) groups excluding carboxylic acids is 1. The van der Waals surface area contributed by atoms with Gasteiger partial charge in [0.25, 0.3) is 0 Å². The summed E-state index contributed by atoms with van der Waals surface area (Å²) in [4.78, 5) is 20.8. The summed E-state index contributed by atoms with van der Waals surface area (Å²) in [5.41, 5.74) is 1.03. The molecule has 1 saturated heterocycles. The molecule has 1 unspecified atom stereocenters. The number of likely N-dealkylation sites (N-methyl/N-ethyl adjacent to an activating group) is 1. The predicted molar refractivity (Wildman–Crippen MR) is 105 cm³/mol. The number of piperidine rings is 1. The molecule has 0 bridgehead atoms. The van der Waals surface area contributed by atoms with E-state index in [4.69, 9.17) is 9.73 Å². The van der Waals surface area contributed by atoms with Gasteiger partial charge in [-0.1, -0.05) is 12.1 Å². The highest BCUT2D eigenvalue weighted by atomic mass is 19.1. The number of rotatable bonds is 6. The fraction of sp³-hybridized carbons (Fsp3) is 0.600. The minimum absolute atomic E-state index is 0.0251. The Labute approximate surface area is 161 Å². The fourth-order valence-electron chi connectivity index (χ4n) is 3.34. The van der Waals surface area contributed by atoms with Crippen molar-refractivity contribution in [1.29, 1.82) is 0 Å². The summed E-state index contributed by atoms with van der Waals surface area (Å²) in [6.07, 6.45) is 1.54. The molecule has 0 spiro atoms. The van der Waals surface area contributed by atoms with Gasteiger partial charge in [0.2, 0.25) is 0 Å². The molecular weight excluding hydrogens is 347 g/mol. The first-order chi connectivity index (χ1) is 13.0. The van der Waals surface area contributed by atoms with E-state index in [0.29, 0.717) is 6.54 Å². The first-order valence-electron chi connectivity index (χ1n) is 9.49. The highest BCUT2D eigenvalue weighted by Gasteiger charge is 2.27. The maximum absolute atomic E-state index is 13.2. The Hall–Kier alpha value is -2.15. The van der Waals surface area contributed by atoms with Crippen molar-refractivity contribution in [2.45, 2.75) is 25.8 Å². The molecule has 0 saturated carbocycles. The highest BCUT2D eigenvalue weighted by Crippen LogP contribution is 2.21. The van der Waals surface area contributed by atoms with E-state index in [1.165, 1.54) is 19.2 Å². The number of likely N-dealkylation sites (tertiary alicyclic amines) is 1. The number of carbonyl (C=O) groups is 1. The number of guanidine groups is 1. The number of methoxy groups -OCH3 is 1. The van der Waals surface area contributed by atoms with Crippen LogP contribution in [-0.2, 0) is 9.53 Å². The molecular formula is C20H31FN4O2. The summed E-state index contributed by atoms with van der Waals surface area (Å²) in [6, 6.07) is 6.65. The Balaban J connectivity index is 2.07. The average Bonchev–Trinajstić information content (AvgIpc) is 2.68. The number of ether oxygens (including phenoxy) is 1. The van der Waals surface area contributed by atoms with Crippen molar-refractivity contribution < 1.29 is 13.9 Å². The summed E-state index contributed by atoms with van der Waals surface area (Å²) in [7, 11) is 5.44. The van der Waals surface area contributed by atoms with Crippen LogP contribution in [0.5, 0.6) is 0 Å². The summed E-state index contributed by atoms with van der Waals surface area (Å²) in [5, 5.41) is 3.35. The zero-order chi connectivity index (χ0) is 19.8. The van der Waals surface area contributed by atoms with Crippen LogP contribution in [0, 0.1) is 11.7 Å². The van der Waals surface area contributed by atoms with Gasteiger partial charge in [0.1, 0.15) is 5.82 Å². The van der Waals surface area contributed by atoms with E-state index in [0.717, 1.165) is 44.0 Å².